The normalized spacial score (nSPS) is 12.4. The van der Waals surface area contributed by atoms with E-state index in [0.29, 0.717) is 17.6 Å². The molecule has 0 saturated carbocycles. The number of aryl methyl sites for hydroxylation is 1. The lowest BCUT2D eigenvalue weighted by molar-refractivity contribution is -0.116. The number of carbonyl (C=O) groups is 1. The number of ketones is 1. The van der Waals surface area contributed by atoms with E-state index >= 15 is 0 Å². The smallest absolute Gasteiger partial charge is 0.262 e. The van der Waals surface area contributed by atoms with Crippen LogP contribution >= 0.6 is 33.4 Å². The molecule has 0 aliphatic heterocycles. The summed E-state index contributed by atoms with van der Waals surface area (Å²) in [6, 6.07) is 17.9. The highest BCUT2D eigenvalue weighted by molar-refractivity contribution is 8.16. The van der Waals surface area contributed by atoms with Gasteiger partial charge in [0.2, 0.25) is 0 Å². The zero-order valence-electron chi connectivity index (χ0n) is 22.3. The average molecular weight is 568 g/mol. The molecule has 2 aromatic carbocycles. The third kappa shape index (κ3) is 6.83. The van der Waals surface area contributed by atoms with Gasteiger partial charge >= 0.3 is 0 Å². The van der Waals surface area contributed by atoms with Crippen molar-refractivity contribution in [1.82, 2.24) is 9.47 Å². The Bertz CT molecular complexity index is 1520. The summed E-state index contributed by atoms with van der Waals surface area (Å²) < 4.78 is 3.67. The van der Waals surface area contributed by atoms with E-state index in [1.165, 1.54) is 4.21 Å². The Hall–Kier alpha value is -2.71. The number of anilines is 1. The quantitative estimate of drug-likeness (QED) is 0.201. The Kier molecular flexibility index (Phi) is 9.60. The number of fused-ring (bicyclic) bond motifs is 1. The van der Waals surface area contributed by atoms with Gasteiger partial charge in [0.15, 0.2) is 0 Å². The van der Waals surface area contributed by atoms with Crippen molar-refractivity contribution >= 4 is 61.0 Å². The second kappa shape index (κ2) is 12.9. The molecular weight excluding hydrogens is 534 g/mol. The standard InChI is InChI=1S/C30H34ClN3O2S2/c1-5-38(29-16-15-28(31)37-29)20-25(35)8-6-7-21-9-12-24(13-10-21)34-19-22(18-33(3)4)27-17-23(32-2)11-14-26(27)30(34)36/h5,9-17,19,32H,6-8,18,20H2,1-4H3. The lowest BCUT2D eigenvalue weighted by Gasteiger charge is -2.16. The fraction of sp³-hybridized carbons (Fsp3) is 0.300. The number of rotatable bonds is 11. The number of nitrogens with zero attached hydrogens (tertiary/aromatic N) is 2. The van der Waals surface area contributed by atoms with Crippen LogP contribution in [0.15, 0.2) is 69.8 Å². The van der Waals surface area contributed by atoms with Gasteiger partial charge in [0.25, 0.3) is 5.56 Å². The summed E-state index contributed by atoms with van der Waals surface area (Å²) in [6.45, 7) is 2.74. The Morgan fingerprint density at radius 3 is 2.50 bits per heavy atom. The van der Waals surface area contributed by atoms with Gasteiger partial charge in [-0.25, -0.2) is 0 Å². The van der Waals surface area contributed by atoms with Crippen molar-refractivity contribution in [3.8, 4) is 5.69 Å². The van der Waals surface area contributed by atoms with Crippen molar-refractivity contribution in [2.24, 2.45) is 0 Å². The van der Waals surface area contributed by atoms with E-state index in [4.69, 9.17) is 11.6 Å². The molecule has 38 heavy (non-hydrogen) atoms. The molecule has 4 aromatic rings. The number of hydrogen-bond acceptors (Lipinski definition) is 5. The first-order valence-electron chi connectivity index (χ1n) is 12.7. The maximum Gasteiger partial charge on any atom is 0.262 e. The summed E-state index contributed by atoms with van der Waals surface area (Å²) in [7, 11) is 5.77. The van der Waals surface area contributed by atoms with Crippen LogP contribution in [0.1, 0.15) is 30.9 Å². The molecule has 4 rings (SSSR count). The van der Waals surface area contributed by atoms with Gasteiger partial charge in [0, 0.05) is 43.0 Å². The van der Waals surface area contributed by atoms with E-state index in [1.54, 1.807) is 15.9 Å². The van der Waals surface area contributed by atoms with Crippen LogP contribution in [0.5, 0.6) is 0 Å². The van der Waals surface area contributed by atoms with E-state index in [-0.39, 0.29) is 21.8 Å². The molecule has 0 aliphatic carbocycles. The van der Waals surface area contributed by atoms with Gasteiger partial charge in [-0.05, 0) is 92.8 Å². The number of hydrogen-bond donors (Lipinski definition) is 1. The van der Waals surface area contributed by atoms with Crippen LogP contribution in [0.25, 0.3) is 16.5 Å². The molecule has 2 heterocycles. The first kappa shape index (κ1) is 28.3. The van der Waals surface area contributed by atoms with E-state index in [0.717, 1.165) is 51.6 Å². The number of halogens is 1. The number of nitrogens with one attached hydrogen (secondary N) is 1. The van der Waals surface area contributed by atoms with Gasteiger partial charge in [0.1, 0.15) is 5.78 Å². The zero-order chi connectivity index (χ0) is 27.2. The Morgan fingerprint density at radius 2 is 1.87 bits per heavy atom. The van der Waals surface area contributed by atoms with Crippen molar-refractivity contribution in [1.29, 1.82) is 0 Å². The van der Waals surface area contributed by atoms with Crippen LogP contribution in [0.2, 0.25) is 4.34 Å². The highest BCUT2D eigenvalue weighted by Gasteiger charge is 2.13. The number of pyridine rings is 1. The minimum absolute atomic E-state index is 0.0290. The maximum atomic E-state index is 13.4. The molecule has 2 aromatic heterocycles. The monoisotopic (exact) mass is 567 g/mol. The lowest BCUT2D eigenvalue weighted by Crippen LogP contribution is -2.21. The van der Waals surface area contributed by atoms with Gasteiger partial charge in [-0.3, -0.25) is 14.2 Å². The van der Waals surface area contributed by atoms with Crippen LogP contribution in [0, 0.1) is 0 Å². The molecule has 1 N–H and O–H groups in total. The van der Waals surface area contributed by atoms with E-state index < -0.39 is 0 Å². The third-order valence-electron chi connectivity index (χ3n) is 6.42. The summed E-state index contributed by atoms with van der Waals surface area (Å²) in [5.74, 6) is 0.826. The van der Waals surface area contributed by atoms with E-state index in [1.807, 2.05) is 76.7 Å². The molecule has 200 valence electrons. The highest BCUT2D eigenvalue weighted by Crippen LogP contribution is 2.35. The molecule has 0 bridgehead atoms. The second-order valence-corrected chi connectivity index (χ2v) is 13.5. The number of thiophene rings is 1. The van der Waals surface area contributed by atoms with Crippen molar-refractivity contribution in [3.05, 3.63) is 86.6 Å². The van der Waals surface area contributed by atoms with Crippen LogP contribution < -0.4 is 10.9 Å². The highest BCUT2D eigenvalue weighted by atomic mass is 35.5. The topological polar surface area (TPSA) is 54.3 Å². The molecule has 0 spiro atoms. The molecule has 1 atom stereocenters. The molecule has 1 unspecified atom stereocenters. The number of Topliss-reactive ketones (excluding diaryl/α,β-unsaturated/α-hetero) is 1. The maximum absolute atomic E-state index is 13.4. The molecule has 0 radical (unpaired) electrons. The average Bonchev–Trinajstić information content (AvgIpc) is 3.34. The first-order chi connectivity index (χ1) is 18.3. The van der Waals surface area contributed by atoms with Crippen molar-refractivity contribution < 1.29 is 4.79 Å². The van der Waals surface area contributed by atoms with Gasteiger partial charge in [-0.15, -0.1) is 21.8 Å². The first-order valence-corrected chi connectivity index (χ1v) is 15.3. The van der Waals surface area contributed by atoms with Gasteiger partial charge in [-0.1, -0.05) is 29.1 Å². The fourth-order valence-electron chi connectivity index (χ4n) is 4.49. The summed E-state index contributed by atoms with van der Waals surface area (Å²) in [5.41, 5.74) is 4.05. The van der Waals surface area contributed by atoms with Gasteiger partial charge in [0.05, 0.1) is 14.3 Å². The van der Waals surface area contributed by atoms with Crippen LogP contribution in [-0.2, 0) is 17.8 Å². The molecule has 0 amide bonds. The molecule has 0 fully saturated rings. The minimum atomic E-state index is -0.176. The predicted octanol–water partition coefficient (Wildman–Crippen LogP) is 6.85. The zero-order valence-corrected chi connectivity index (χ0v) is 24.7. The van der Waals surface area contributed by atoms with E-state index in [2.05, 4.69) is 27.7 Å². The van der Waals surface area contributed by atoms with Crippen molar-refractivity contribution in [2.45, 2.75) is 36.9 Å². The summed E-state index contributed by atoms with van der Waals surface area (Å²) in [6.07, 6.45) is 4.15. The summed E-state index contributed by atoms with van der Waals surface area (Å²) in [4.78, 5) is 28.1. The molecule has 8 heteroatoms. The van der Waals surface area contributed by atoms with Crippen LogP contribution in [0.3, 0.4) is 0 Å². The molecule has 0 saturated heterocycles. The Labute approximate surface area is 236 Å². The molecule has 0 aliphatic rings. The number of aromatic nitrogens is 1. The predicted molar refractivity (Wildman–Crippen MR) is 166 cm³/mol. The van der Waals surface area contributed by atoms with E-state index in [9.17, 15) is 9.59 Å². The van der Waals surface area contributed by atoms with Crippen LogP contribution in [-0.4, -0.2) is 47.5 Å². The number of carbonyl (C=O) groups excluding carboxylic acids is 1. The molecular formula is C30H34ClN3O2S2. The summed E-state index contributed by atoms with van der Waals surface area (Å²) in [5, 5.41) is 6.95. The van der Waals surface area contributed by atoms with Crippen molar-refractivity contribution in [3.63, 3.8) is 0 Å². The van der Waals surface area contributed by atoms with Gasteiger partial charge in [-0.2, -0.15) is 0 Å². The Balaban J connectivity index is 1.45. The SMILES string of the molecule is C/C=S(/CC(=O)CCCc1ccc(-n2cc(CN(C)C)c3cc(NC)ccc3c2=O)cc1)c1ccc(Cl)s1. The van der Waals surface area contributed by atoms with Gasteiger partial charge < -0.3 is 10.2 Å². The number of benzene rings is 2. The lowest BCUT2D eigenvalue weighted by atomic mass is 10.0. The second-order valence-electron chi connectivity index (χ2n) is 9.50. The largest absolute Gasteiger partial charge is 0.388 e. The third-order valence-corrected chi connectivity index (χ3v) is 10.2. The minimum Gasteiger partial charge on any atom is -0.388 e. The Morgan fingerprint density at radius 1 is 1.11 bits per heavy atom. The van der Waals surface area contributed by atoms with Crippen LogP contribution in [0.4, 0.5) is 5.69 Å². The summed E-state index contributed by atoms with van der Waals surface area (Å²) >= 11 is 7.63. The fourth-order valence-corrected chi connectivity index (χ4v) is 7.84. The molecule has 5 nitrogen and oxygen atoms in total. The van der Waals surface area contributed by atoms with Crippen molar-refractivity contribution in [2.75, 3.05) is 32.2 Å².